The number of hydrogen-bond donors (Lipinski definition) is 0. The first-order valence-electron chi connectivity index (χ1n) is 9.78. The van der Waals surface area contributed by atoms with Gasteiger partial charge in [0.2, 0.25) is 0 Å². The summed E-state index contributed by atoms with van der Waals surface area (Å²) < 4.78 is 10.1. The molecule has 0 bridgehead atoms. The van der Waals surface area contributed by atoms with Crippen molar-refractivity contribution in [2.75, 3.05) is 18.0 Å². The lowest BCUT2D eigenvalue weighted by Crippen LogP contribution is -2.17. The van der Waals surface area contributed by atoms with Crippen LogP contribution in [0.3, 0.4) is 0 Å². The highest BCUT2D eigenvalue weighted by atomic mass is 16.5. The lowest BCUT2D eigenvalue weighted by atomic mass is 10.1. The fourth-order valence-corrected chi connectivity index (χ4v) is 4.06. The van der Waals surface area contributed by atoms with E-state index in [-0.39, 0.29) is 0 Å². The van der Waals surface area contributed by atoms with Crippen molar-refractivity contribution in [2.24, 2.45) is 14.1 Å². The standard InChI is InChI=1S/C23H24N4O/c1-25-16-22(17-14-24-26(2)15-17)21-13-20(9-10-23(21)25)28-19-7-5-18(6-8-19)27-11-3-4-12-27/h5-10,13-16H,3-4,11-12H2,1-2H3. The Labute approximate surface area is 164 Å². The molecule has 0 radical (unpaired) electrons. The Morgan fingerprint density at radius 1 is 0.893 bits per heavy atom. The maximum atomic E-state index is 6.16. The lowest BCUT2D eigenvalue weighted by Gasteiger charge is -2.17. The average Bonchev–Trinajstić information content (AvgIpc) is 3.44. The van der Waals surface area contributed by atoms with E-state index in [0.29, 0.717) is 0 Å². The molecule has 0 spiro atoms. The van der Waals surface area contributed by atoms with Crippen LogP contribution in [-0.4, -0.2) is 27.4 Å². The van der Waals surface area contributed by atoms with Crippen LogP contribution in [0.2, 0.25) is 0 Å². The van der Waals surface area contributed by atoms with Crippen LogP contribution in [0.25, 0.3) is 22.0 Å². The average molecular weight is 372 g/mol. The minimum atomic E-state index is 0.845. The van der Waals surface area contributed by atoms with Crippen LogP contribution in [0.15, 0.2) is 61.1 Å². The van der Waals surface area contributed by atoms with Gasteiger partial charge in [0, 0.05) is 67.3 Å². The summed E-state index contributed by atoms with van der Waals surface area (Å²) >= 11 is 0. The molecule has 1 aliphatic rings. The van der Waals surface area contributed by atoms with Crippen molar-refractivity contribution in [1.29, 1.82) is 0 Å². The molecule has 1 fully saturated rings. The van der Waals surface area contributed by atoms with Crippen molar-refractivity contribution in [3.63, 3.8) is 0 Å². The van der Waals surface area contributed by atoms with Crippen LogP contribution >= 0.6 is 0 Å². The molecule has 2 aromatic heterocycles. The van der Waals surface area contributed by atoms with E-state index >= 15 is 0 Å². The van der Waals surface area contributed by atoms with E-state index in [1.165, 1.54) is 35.0 Å². The first kappa shape index (κ1) is 16.9. The molecule has 1 aliphatic heterocycles. The van der Waals surface area contributed by atoms with Crippen molar-refractivity contribution in [2.45, 2.75) is 12.8 Å². The third-order valence-corrected chi connectivity index (χ3v) is 5.52. The van der Waals surface area contributed by atoms with Gasteiger partial charge < -0.3 is 14.2 Å². The van der Waals surface area contributed by atoms with Crippen LogP contribution in [-0.2, 0) is 14.1 Å². The largest absolute Gasteiger partial charge is 0.457 e. The predicted octanol–water partition coefficient (Wildman–Crippen LogP) is 4.97. The maximum absolute atomic E-state index is 6.16. The summed E-state index contributed by atoms with van der Waals surface area (Å²) in [4.78, 5) is 2.43. The van der Waals surface area contributed by atoms with Crippen LogP contribution in [0.5, 0.6) is 11.5 Å². The number of anilines is 1. The molecule has 4 aromatic rings. The second-order valence-electron chi connectivity index (χ2n) is 7.53. The highest BCUT2D eigenvalue weighted by molar-refractivity contribution is 5.96. The molecule has 28 heavy (non-hydrogen) atoms. The van der Waals surface area contributed by atoms with E-state index in [1.807, 2.05) is 30.2 Å². The van der Waals surface area contributed by atoms with Crippen molar-refractivity contribution >= 4 is 16.6 Å². The molecule has 5 rings (SSSR count). The molecule has 0 aliphatic carbocycles. The molecule has 0 unspecified atom stereocenters. The molecular formula is C23H24N4O. The molecule has 142 valence electrons. The van der Waals surface area contributed by atoms with Crippen LogP contribution < -0.4 is 9.64 Å². The number of aryl methyl sites for hydroxylation is 2. The van der Waals surface area contributed by atoms with Crippen molar-refractivity contribution < 1.29 is 4.74 Å². The third-order valence-electron chi connectivity index (χ3n) is 5.52. The maximum Gasteiger partial charge on any atom is 0.128 e. The number of fused-ring (bicyclic) bond motifs is 1. The topological polar surface area (TPSA) is 35.2 Å². The number of rotatable bonds is 4. The minimum absolute atomic E-state index is 0.845. The molecule has 3 heterocycles. The van der Waals surface area contributed by atoms with Gasteiger partial charge in [0.05, 0.1) is 6.20 Å². The van der Waals surface area contributed by atoms with Crippen LogP contribution in [0, 0.1) is 0 Å². The summed E-state index contributed by atoms with van der Waals surface area (Å²) in [6, 6.07) is 14.7. The Morgan fingerprint density at radius 2 is 1.64 bits per heavy atom. The van der Waals surface area contributed by atoms with E-state index < -0.39 is 0 Å². The highest BCUT2D eigenvalue weighted by Gasteiger charge is 2.13. The smallest absolute Gasteiger partial charge is 0.128 e. The van der Waals surface area contributed by atoms with Gasteiger partial charge in [-0.25, -0.2) is 0 Å². The molecule has 0 saturated carbocycles. The highest BCUT2D eigenvalue weighted by Crippen LogP contribution is 2.34. The predicted molar refractivity (Wildman–Crippen MR) is 113 cm³/mol. The van der Waals surface area contributed by atoms with Gasteiger partial charge in [-0.1, -0.05) is 0 Å². The Morgan fingerprint density at radius 3 is 2.36 bits per heavy atom. The third kappa shape index (κ3) is 3.03. The second kappa shape index (κ2) is 6.75. The summed E-state index contributed by atoms with van der Waals surface area (Å²) in [6.45, 7) is 2.31. The molecule has 0 N–H and O–H groups in total. The number of hydrogen-bond acceptors (Lipinski definition) is 3. The Kier molecular flexibility index (Phi) is 4.08. The van der Waals surface area contributed by atoms with Gasteiger partial charge in [0.1, 0.15) is 11.5 Å². The van der Waals surface area contributed by atoms with E-state index in [4.69, 9.17) is 4.74 Å². The van der Waals surface area contributed by atoms with E-state index in [9.17, 15) is 0 Å². The first-order chi connectivity index (χ1) is 13.7. The van der Waals surface area contributed by atoms with Crippen molar-refractivity contribution in [3.05, 3.63) is 61.1 Å². The zero-order valence-electron chi connectivity index (χ0n) is 16.3. The molecule has 2 aromatic carbocycles. The van der Waals surface area contributed by atoms with E-state index in [1.54, 1.807) is 0 Å². The number of benzene rings is 2. The summed E-state index contributed by atoms with van der Waals surface area (Å²) in [7, 11) is 4.01. The van der Waals surface area contributed by atoms with E-state index in [0.717, 1.165) is 30.2 Å². The monoisotopic (exact) mass is 372 g/mol. The fourth-order valence-electron chi connectivity index (χ4n) is 4.06. The quantitative estimate of drug-likeness (QED) is 0.507. The summed E-state index contributed by atoms with van der Waals surface area (Å²) in [5, 5.41) is 5.48. The van der Waals surface area contributed by atoms with Gasteiger partial charge in [-0.05, 0) is 55.3 Å². The van der Waals surface area contributed by atoms with Crippen molar-refractivity contribution in [1.82, 2.24) is 14.3 Å². The molecular weight excluding hydrogens is 348 g/mol. The van der Waals surface area contributed by atoms with Gasteiger partial charge in [-0.3, -0.25) is 4.68 Å². The van der Waals surface area contributed by atoms with Gasteiger partial charge >= 0.3 is 0 Å². The number of ether oxygens (including phenoxy) is 1. The van der Waals surface area contributed by atoms with Gasteiger partial charge in [0.15, 0.2) is 0 Å². The zero-order chi connectivity index (χ0) is 19.1. The molecule has 5 heteroatoms. The van der Waals surface area contributed by atoms with Gasteiger partial charge in [-0.2, -0.15) is 5.10 Å². The van der Waals surface area contributed by atoms with Crippen LogP contribution in [0.1, 0.15) is 12.8 Å². The molecule has 1 saturated heterocycles. The van der Waals surface area contributed by atoms with Gasteiger partial charge in [-0.15, -0.1) is 0 Å². The number of aromatic nitrogens is 3. The molecule has 5 nitrogen and oxygen atoms in total. The van der Waals surface area contributed by atoms with E-state index in [2.05, 4.69) is 64.2 Å². The fraction of sp³-hybridized carbons (Fsp3) is 0.261. The van der Waals surface area contributed by atoms with Crippen LogP contribution in [0.4, 0.5) is 5.69 Å². The Hall–Kier alpha value is -3.21. The molecule has 0 atom stereocenters. The normalized spacial score (nSPS) is 14.1. The first-order valence-corrected chi connectivity index (χ1v) is 9.78. The zero-order valence-corrected chi connectivity index (χ0v) is 16.3. The molecule has 0 amide bonds. The lowest BCUT2D eigenvalue weighted by molar-refractivity contribution is 0.483. The summed E-state index contributed by atoms with van der Waals surface area (Å²) in [5.74, 6) is 1.71. The summed E-state index contributed by atoms with van der Waals surface area (Å²) in [5.41, 5.74) is 4.73. The van der Waals surface area contributed by atoms with Crippen molar-refractivity contribution in [3.8, 4) is 22.6 Å². The Balaban J connectivity index is 1.44. The second-order valence-corrected chi connectivity index (χ2v) is 7.53. The minimum Gasteiger partial charge on any atom is -0.457 e. The van der Waals surface area contributed by atoms with Gasteiger partial charge in [0.25, 0.3) is 0 Å². The number of nitrogens with zero attached hydrogens (tertiary/aromatic N) is 4. The summed E-state index contributed by atoms with van der Waals surface area (Å²) in [6.07, 6.45) is 8.66. The SMILES string of the molecule is Cn1cc(-c2cn(C)c3ccc(Oc4ccc(N5CCCC5)cc4)cc23)cn1. The Bertz CT molecular complexity index is 1120.